The largest absolute Gasteiger partial charge is 0.280 e. The van der Waals surface area contributed by atoms with Gasteiger partial charge in [0.2, 0.25) is 11.9 Å². The molecule has 0 aliphatic carbocycles. The van der Waals surface area contributed by atoms with E-state index in [9.17, 15) is 13.7 Å². The normalized spacial score (nSPS) is 18.2. The minimum Gasteiger partial charge on any atom is -0.280 e. The van der Waals surface area contributed by atoms with E-state index in [0.717, 1.165) is 10.5 Å². The smallest absolute Gasteiger partial charge is 0.264 e. The van der Waals surface area contributed by atoms with E-state index < -0.39 is 22.1 Å². The van der Waals surface area contributed by atoms with E-state index in [-0.39, 0.29) is 16.8 Å². The lowest BCUT2D eigenvalue weighted by Crippen LogP contribution is -2.48. The molecule has 3 aromatic carbocycles. The highest BCUT2D eigenvalue weighted by Gasteiger charge is 2.47. The molecule has 208 valence electrons. The zero-order chi connectivity index (χ0) is 29.4. The Morgan fingerprint density at radius 1 is 0.952 bits per heavy atom. The average Bonchev–Trinajstić information content (AvgIpc) is 3.36. The molecule has 2 N–H and O–H groups in total. The van der Waals surface area contributed by atoms with Crippen LogP contribution in [0.1, 0.15) is 17.2 Å². The molecule has 0 amide bonds. The summed E-state index contributed by atoms with van der Waals surface area (Å²) in [6, 6.07) is 20.5. The van der Waals surface area contributed by atoms with Crippen molar-refractivity contribution in [1.82, 2.24) is 14.9 Å². The number of sulfonamides is 1. The van der Waals surface area contributed by atoms with Crippen LogP contribution in [-0.4, -0.2) is 47.0 Å². The fraction of sp³-hybridized carbons (Fsp3) is 0.0714. The first-order valence-electron chi connectivity index (χ1n) is 12.4. The highest BCUT2D eigenvalue weighted by Crippen LogP contribution is 2.40. The van der Waals surface area contributed by atoms with Crippen LogP contribution in [0.3, 0.4) is 0 Å². The first-order valence-corrected chi connectivity index (χ1v) is 14.6. The van der Waals surface area contributed by atoms with E-state index in [0.29, 0.717) is 33.0 Å². The van der Waals surface area contributed by atoms with Crippen molar-refractivity contribution in [1.29, 1.82) is 10.7 Å². The number of nitrogens with zero attached hydrogens (tertiary/aromatic N) is 7. The molecule has 0 fully saturated rings. The molecular weight excluding hydrogens is 597 g/mol. The molecular formula is C28H19Cl2N9O2S. The quantitative estimate of drug-likeness (QED) is 0.287. The summed E-state index contributed by atoms with van der Waals surface area (Å²) in [5.74, 6) is 0.549. The van der Waals surface area contributed by atoms with Gasteiger partial charge in [-0.05, 0) is 48.0 Å². The van der Waals surface area contributed by atoms with Gasteiger partial charge in [0.25, 0.3) is 10.0 Å². The van der Waals surface area contributed by atoms with Crippen LogP contribution in [0, 0.1) is 16.9 Å². The van der Waals surface area contributed by atoms with Crippen LogP contribution in [0.4, 0.5) is 11.6 Å². The number of nitrogens with one attached hydrogen (secondary N) is 2. The first-order chi connectivity index (χ1) is 20.3. The summed E-state index contributed by atoms with van der Waals surface area (Å²) in [7, 11) is -3.97. The number of rotatable bonds is 6. The number of anilines is 2. The highest BCUT2D eigenvalue weighted by atomic mass is 35.5. The second kappa shape index (κ2) is 10.9. The number of aromatic nitrogens is 2. The third-order valence-electron chi connectivity index (χ3n) is 6.61. The molecule has 11 nitrogen and oxygen atoms in total. The molecule has 2 aliphatic heterocycles. The standard InChI is InChI=1S/C28H19Cl2N9O2S/c29-18-7-12-21(22(30)15-18)24-23-26(36-27(32)38(24)16-31)39(25(35-23)17-5-2-1-3-6-17)19-8-10-20(11-9-19)42(40,41)37-28-33-13-4-14-34-28/h1-15,23-24,32H,(H,33,34,37). The maximum Gasteiger partial charge on any atom is 0.264 e. The second-order valence-electron chi connectivity index (χ2n) is 9.15. The molecule has 0 saturated heterocycles. The van der Waals surface area contributed by atoms with Gasteiger partial charge in [0.1, 0.15) is 23.8 Å². The topological polar surface area (TPSA) is 151 Å². The summed E-state index contributed by atoms with van der Waals surface area (Å²) in [5.41, 5.74) is 1.86. The molecule has 0 saturated carbocycles. The molecule has 0 radical (unpaired) electrons. The van der Waals surface area contributed by atoms with E-state index in [1.165, 1.54) is 24.5 Å². The Bertz CT molecular complexity index is 1900. The van der Waals surface area contributed by atoms with Gasteiger partial charge in [-0.1, -0.05) is 59.6 Å². The van der Waals surface area contributed by atoms with Crippen molar-refractivity contribution in [3.05, 3.63) is 112 Å². The Labute approximate surface area is 251 Å². The number of hydrogen-bond acceptors (Lipinski definition) is 8. The maximum atomic E-state index is 13.0. The fourth-order valence-electron chi connectivity index (χ4n) is 4.76. The number of amidine groups is 2. The molecule has 2 unspecified atom stereocenters. The fourth-order valence-corrected chi connectivity index (χ4v) is 6.24. The van der Waals surface area contributed by atoms with Crippen LogP contribution in [0.15, 0.2) is 106 Å². The van der Waals surface area contributed by atoms with Gasteiger partial charge in [-0.2, -0.15) is 10.3 Å². The SMILES string of the molecule is N#CN1C(=N)N=C2C(N=C(c3ccccc3)N2c2ccc(S(=O)(=O)Nc3ncccn3)cc2)C1c1ccc(Cl)cc1Cl. The molecule has 4 aromatic rings. The van der Waals surface area contributed by atoms with Crippen molar-refractivity contribution in [2.75, 3.05) is 9.62 Å². The number of fused-ring (bicyclic) bond motifs is 1. The van der Waals surface area contributed by atoms with Crippen molar-refractivity contribution < 1.29 is 8.42 Å². The monoisotopic (exact) mass is 615 g/mol. The Morgan fingerprint density at radius 2 is 1.67 bits per heavy atom. The van der Waals surface area contributed by atoms with E-state index in [2.05, 4.69) is 19.7 Å². The van der Waals surface area contributed by atoms with Crippen molar-refractivity contribution in [2.24, 2.45) is 9.98 Å². The van der Waals surface area contributed by atoms with Gasteiger partial charge in [-0.3, -0.25) is 15.3 Å². The van der Waals surface area contributed by atoms with E-state index in [1.807, 2.05) is 36.5 Å². The minimum atomic E-state index is -3.97. The summed E-state index contributed by atoms with van der Waals surface area (Å²) in [6.07, 6.45) is 4.91. The number of benzene rings is 3. The van der Waals surface area contributed by atoms with Crippen molar-refractivity contribution in [3.8, 4) is 6.19 Å². The Hall–Kier alpha value is -4.83. The van der Waals surface area contributed by atoms with Gasteiger partial charge >= 0.3 is 0 Å². The van der Waals surface area contributed by atoms with Crippen LogP contribution in [0.25, 0.3) is 0 Å². The second-order valence-corrected chi connectivity index (χ2v) is 11.7. The minimum absolute atomic E-state index is 0.00699. The number of nitriles is 1. The van der Waals surface area contributed by atoms with E-state index >= 15 is 0 Å². The van der Waals surface area contributed by atoms with Crippen molar-refractivity contribution >= 4 is 62.5 Å². The Kier molecular flexibility index (Phi) is 7.07. The van der Waals surface area contributed by atoms with Crippen LogP contribution >= 0.6 is 23.2 Å². The summed E-state index contributed by atoms with van der Waals surface area (Å²) < 4.78 is 28.3. The zero-order valence-electron chi connectivity index (χ0n) is 21.4. The predicted molar refractivity (Wildman–Crippen MR) is 160 cm³/mol. The van der Waals surface area contributed by atoms with Crippen molar-refractivity contribution in [2.45, 2.75) is 17.0 Å². The van der Waals surface area contributed by atoms with E-state index in [4.69, 9.17) is 33.6 Å². The number of hydrogen-bond donors (Lipinski definition) is 2. The lowest BCUT2D eigenvalue weighted by molar-refractivity contribution is 0.390. The van der Waals surface area contributed by atoms with Gasteiger partial charge in [0.15, 0.2) is 6.19 Å². The zero-order valence-corrected chi connectivity index (χ0v) is 23.8. The number of guanidine groups is 1. The van der Waals surface area contributed by atoms with Gasteiger partial charge in [0, 0.05) is 33.7 Å². The number of halogens is 2. The van der Waals surface area contributed by atoms with E-state index in [1.54, 1.807) is 41.3 Å². The first kappa shape index (κ1) is 27.3. The lowest BCUT2D eigenvalue weighted by Gasteiger charge is -2.35. The third-order valence-corrected chi connectivity index (χ3v) is 8.52. The lowest BCUT2D eigenvalue weighted by atomic mass is 9.96. The van der Waals surface area contributed by atoms with Gasteiger partial charge in [-0.15, -0.1) is 0 Å². The molecule has 0 spiro atoms. The summed E-state index contributed by atoms with van der Waals surface area (Å²) in [6.45, 7) is 0. The average molecular weight is 616 g/mol. The molecule has 3 heterocycles. The summed E-state index contributed by atoms with van der Waals surface area (Å²) in [4.78, 5) is 20.2. The molecule has 42 heavy (non-hydrogen) atoms. The van der Waals surface area contributed by atoms with Crippen LogP contribution in [-0.2, 0) is 10.0 Å². The Morgan fingerprint density at radius 3 is 2.33 bits per heavy atom. The molecule has 14 heteroatoms. The number of aliphatic imine (C=N–C) groups is 2. The van der Waals surface area contributed by atoms with Gasteiger partial charge in [-0.25, -0.2) is 28.0 Å². The van der Waals surface area contributed by atoms with Crippen molar-refractivity contribution in [3.63, 3.8) is 0 Å². The molecule has 2 atom stereocenters. The highest BCUT2D eigenvalue weighted by molar-refractivity contribution is 7.92. The van der Waals surface area contributed by atoms with Crippen LogP contribution in [0.5, 0.6) is 0 Å². The molecule has 2 aliphatic rings. The predicted octanol–water partition coefficient (Wildman–Crippen LogP) is 5.09. The molecule has 6 rings (SSSR count). The Balaban J connectivity index is 1.44. The van der Waals surface area contributed by atoms with Gasteiger partial charge < -0.3 is 0 Å². The van der Waals surface area contributed by atoms with Gasteiger partial charge in [0.05, 0.1) is 4.90 Å². The molecule has 0 bridgehead atoms. The van der Waals surface area contributed by atoms with Crippen LogP contribution < -0.4 is 9.62 Å². The maximum absolute atomic E-state index is 13.0. The third kappa shape index (κ3) is 4.94. The molecule has 1 aromatic heterocycles. The summed E-state index contributed by atoms with van der Waals surface area (Å²) >= 11 is 12.7. The summed E-state index contributed by atoms with van der Waals surface area (Å²) in [5, 5.41) is 19.4. The van der Waals surface area contributed by atoms with Crippen LogP contribution in [0.2, 0.25) is 10.0 Å².